The summed E-state index contributed by atoms with van der Waals surface area (Å²) in [5, 5.41) is 0. The Bertz CT molecular complexity index is 232. The van der Waals surface area contributed by atoms with E-state index in [1.54, 1.807) is 0 Å². The van der Waals surface area contributed by atoms with E-state index in [9.17, 15) is 0 Å². The molecule has 1 rings (SSSR count). The molecule has 0 amide bonds. The molecule has 0 aromatic heterocycles. The van der Waals surface area contributed by atoms with Crippen LogP contribution in [0.2, 0.25) is 0 Å². The Morgan fingerprint density at radius 3 is 2.05 bits per heavy atom. The van der Waals surface area contributed by atoms with Gasteiger partial charge in [-0.05, 0) is 31.8 Å². The smallest absolute Gasteiger partial charge is 0.0785 e. The van der Waals surface area contributed by atoms with Gasteiger partial charge in [0.05, 0.1) is 6.10 Å². The van der Waals surface area contributed by atoms with Gasteiger partial charge < -0.3 is 4.74 Å². The second kappa shape index (κ2) is 11.5. The van der Waals surface area contributed by atoms with Crippen LogP contribution in [0.1, 0.15) is 90.9 Å². The molecule has 1 aliphatic carbocycles. The lowest BCUT2D eigenvalue weighted by Gasteiger charge is -2.13. The Balaban J connectivity index is 1.75. The molecule has 0 bridgehead atoms. The fraction of sp³-hybridized carbons (Fsp3) is 0.889. The molecule has 19 heavy (non-hydrogen) atoms. The van der Waals surface area contributed by atoms with Gasteiger partial charge in [-0.25, -0.2) is 0 Å². The SMILES string of the molecule is CCCCCCCCCCCCO[C@H]1CCC=C1C. The van der Waals surface area contributed by atoms with Gasteiger partial charge in [-0.2, -0.15) is 0 Å². The number of hydrogen-bond acceptors (Lipinski definition) is 1. The van der Waals surface area contributed by atoms with Crippen molar-refractivity contribution in [1.82, 2.24) is 0 Å². The predicted molar refractivity (Wildman–Crippen MR) is 84.6 cm³/mol. The first-order chi connectivity index (χ1) is 9.34. The maximum atomic E-state index is 5.92. The maximum Gasteiger partial charge on any atom is 0.0785 e. The third-order valence-corrected chi connectivity index (χ3v) is 4.22. The van der Waals surface area contributed by atoms with Gasteiger partial charge in [-0.3, -0.25) is 0 Å². The van der Waals surface area contributed by atoms with Crippen LogP contribution in [0, 0.1) is 0 Å². The van der Waals surface area contributed by atoms with Gasteiger partial charge in [0, 0.05) is 6.61 Å². The average Bonchev–Trinajstić information content (AvgIpc) is 2.82. The van der Waals surface area contributed by atoms with Gasteiger partial charge in [0.25, 0.3) is 0 Å². The summed E-state index contributed by atoms with van der Waals surface area (Å²) in [6.07, 6.45) is 19.2. The van der Waals surface area contributed by atoms with Crippen molar-refractivity contribution in [3.63, 3.8) is 0 Å². The van der Waals surface area contributed by atoms with Gasteiger partial charge in [0.1, 0.15) is 0 Å². The summed E-state index contributed by atoms with van der Waals surface area (Å²) >= 11 is 0. The van der Waals surface area contributed by atoms with Gasteiger partial charge in [0.15, 0.2) is 0 Å². The van der Waals surface area contributed by atoms with Crippen LogP contribution < -0.4 is 0 Å². The second-order valence-electron chi connectivity index (χ2n) is 6.07. The predicted octanol–water partition coefficient (Wildman–Crippen LogP) is 6.03. The minimum absolute atomic E-state index is 0.443. The molecule has 0 fully saturated rings. The fourth-order valence-corrected chi connectivity index (χ4v) is 2.85. The molecule has 0 aromatic rings. The van der Waals surface area contributed by atoms with Crippen molar-refractivity contribution in [3.05, 3.63) is 11.6 Å². The molecule has 0 radical (unpaired) electrons. The van der Waals surface area contributed by atoms with Crippen molar-refractivity contribution in [2.45, 2.75) is 97.0 Å². The third-order valence-electron chi connectivity index (χ3n) is 4.22. The van der Waals surface area contributed by atoms with E-state index in [1.807, 2.05) is 0 Å². The van der Waals surface area contributed by atoms with E-state index in [2.05, 4.69) is 19.9 Å². The monoisotopic (exact) mass is 266 g/mol. The summed E-state index contributed by atoms with van der Waals surface area (Å²) in [6, 6.07) is 0. The lowest BCUT2D eigenvalue weighted by atomic mass is 10.1. The quantitative estimate of drug-likeness (QED) is 0.309. The van der Waals surface area contributed by atoms with Crippen LogP contribution in [0.3, 0.4) is 0 Å². The van der Waals surface area contributed by atoms with E-state index < -0.39 is 0 Å². The van der Waals surface area contributed by atoms with E-state index in [0.717, 1.165) is 6.61 Å². The van der Waals surface area contributed by atoms with Crippen molar-refractivity contribution in [3.8, 4) is 0 Å². The number of hydrogen-bond donors (Lipinski definition) is 0. The molecule has 1 atom stereocenters. The Hall–Kier alpha value is -0.300. The number of unbranched alkanes of at least 4 members (excludes halogenated alkanes) is 9. The van der Waals surface area contributed by atoms with Crippen molar-refractivity contribution in [2.24, 2.45) is 0 Å². The molecule has 0 N–H and O–H groups in total. The lowest BCUT2D eigenvalue weighted by molar-refractivity contribution is 0.0750. The van der Waals surface area contributed by atoms with Gasteiger partial charge in [-0.1, -0.05) is 70.8 Å². The van der Waals surface area contributed by atoms with Crippen molar-refractivity contribution < 1.29 is 4.74 Å². The first kappa shape index (κ1) is 16.8. The van der Waals surface area contributed by atoms with Crippen LogP contribution in [-0.4, -0.2) is 12.7 Å². The minimum Gasteiger partial charge on any atom is -0.374 e. The molecule has 112 valence electrons. The molecule has 0 spiro atoms. The van der Waals surface area contributed by atoms with Gasteiger partial charge >= 0.3 is 0 Å². The van der Waals surface area contributed by atoms with Crippen LogP contribution in [0.4, 0.5) is 0 Å². The topological polar surface area (TPSA) is 9.23 Å². The Morgan fingerprint density at radius 2 is 1.53 bits per heavy atom. The van der Waals surface area contributed by atoms with E-state index in [1.165, 1.54) is 82.6 Å². The molecule has 0 saturated heterocycles. The molecular formula is C18H34O. The minimum atomic E-state index is 0.443. The lowest BCUT2D eigenvalue weighted by Crippen LogP contribution is -2.11. The van der Waals surface area contributed by atoms with E-state index in [-0.39, 0.29) is 0 Å². The number of ether oxygens (including phenoxy) is 1. The summed E-state index contributed by atoms with van der Waals surface area (Å²) < 4.78 is 5.92. The maximum absolute atomic E-state index is 5.92. The van der Waals surface area contributed by atoms with Gasteiger partial charge in [0.2, 0.25) is 0 Å². The first-order valence-electron chi connectivity index (χ1n) is 8.63. The first-order valence-corrected chi connectivity index (χ1v) is 8.63. The van der Waals surface area contributed by atoms with Crippen LogP contribution >= 0.6 is 0 Å². The van der Waals surface area contributed by atoms with Crippen molar-refractivity contribution >= 4 is 0 Å². The summed E-state index contributed by atoms with van der Waals surface area (Å²) in [4.78, 5) is 0. The van der Waals surface area contributed by atoms with Crippen LogP contribution in [0.5, 0.6) is 0 Å². The molecule has 0 aromatic carbocycles. The highest BCUT2D eigenvalue weighted by atomic mass is 16.5. The van der Waals surface area contributed by atoms with Crippen LogP contribution in [-0.2, 0) is 4.74 Å². The summed E-state index contributed by atoms with van der Waals surface area (Å²) in [7, 11) is 0. The highest BCUT2D eigenvalue weighted by Crippen LogP contribution is 2.21. The molecule has 1 heteroatoms. The summed E-state index contributed by atoms with van der Waals surface area (Å²) in [5.74, 6) is 0. The highest BCUT2D eigenvalue weighted by molar-refractivity contribution is 5.11. The van der Waals surface area contributed by atoms with Crippen LogP contribution in [0.25, 0.3) is 0 Å². The molecular weight excluding hydrogens is 232 g/mol. The fourth-order valence-electron chi connectivity index (χ4n) is 2.85. The Morgan fingerprint density at radius 1 is 0.947 bits per heavy atom. The summed E-state index contributed by atoms with van der Waals surface area (Å²) in [6.45, 7) is 5.45. The zero-order valence-electron chi connectivity index (χ0n) is 13.3. The third kappa shape index (κ3) is 8.47. The van der Waals surface area contributed by atoms with E-state index in [0.29, 0.717) is 6.10 Å². The average molecular weight is 266 g/mol. The molecule has 1 nitrogen and oxygen atoms in total. The van der Waals surface area contributed by atoms with E-state index >= 15 is 0 Å². The Labute approximate surface area is 120 Å². The molecule has 0 aliphatic heterocycles. The van der Waals surface area contributed by atoms with Crippen molar-refractivity contribution in [2.75, 3.05) is 6.61 Å². The largest absolute Gasteiger partial charge is 0.374 e. The Kier molecular flexibility index (Phi) is 10.2. The standard InChI is InChI=1S/C18H34O/c1-3-4-5-6-7-8-9-10-11-12-16-19-18-15-13-14-17(18)2/h14,18H,3-13,15-16H2,1-2H3/t18-/m0/s1. The number of rotatable bonds is 12. The van der Waals surface area contributed by atoms with E-state index in [4.69, 9.17) is 4.74 Å². The summed E-state index contributed by atoms with van der Waals surface area (Å²) in [5.41, 5.74) is 1.45. The van der Waals surface area contributed by atoms with Crippen LogP contribution in [0.15, 0.2) is 11.6 Å². The van der Waals surface area contributed by atoms with Crippen molar-refractivity contribution in [1.29, 1.82) is 0 Å². The van der Waals surface area contributed by atoms with Gasteiger partial charge in [-0.15, -0.1) is 0 Å². The zero-order chi connectivity index (χ0) is 13.8. The number of allylic oxidation sites excluding steroid dienone is 1. The second-order valence-corrected chi connectivity index (χ2v) is 6.07. The molecule has 0 unspecified atom stereocenters. The zero-order valence-corrected chi connectivity index (χ0v) is 13.3. The molecule has 0 heterocycles. The highest BCUT2D eigenvalue weighted by Gasteiger charge is 2.15. The normalized spacial score (nSPS) is 18.8. The molecule has 1 aliphatic rings. The molecule has 0 saturated carbocycles.